The number of aromatic hydroxyl groups is 1. The van der Waals surface area contributed by atoms with E-state index >= 15 is 0 Å². The molecule has 5 heteroatoms. The Morgan fingerprint density at radius 2 is 1.84 bits per heavy atom. The Bertz CT molecular complexity index is 600. The van der Waals surface area contributed by atoms with Crippen molar-refractivity contribution in [1.82, 2.24) is 0 Å². The molecule has 0 saturated carbocycles. The van der Waals surface area contributed by atoms with Gasteiger partial charge in [0.05, 0.1) is 20.7 Å². The first-order valence-corrected chi connectivity index (χ1v) is 7.27. The van der Waals surface area contributed by atoms with Gasteiger partial charge in [0, 0.05) is 0 Å². The van der Waals surface area contributed by atoms with Gasteiger partial charge in [-0.25, -0.2) is 4.79 Å². The summed E-state index contributed by atoms with van der Waals surface area (Å²) < 4.78 is 6.06. The second kappa shape index (κ2) is 5.92. The van der Waals surface area contributed by atoms with E-state index in [1.165, 1.54) is 7.11 Å². The average molecular weight is 433 g/mol. The minimum atomic E-state index is -0.354. The number of methoxy groups -OCH3 is 1. The summed E-state index contributed by atoms with van der Waals surface area (Å²) in [5.74, 6) is -0.122. The molecule has 98 valence electrons. The summed E-state index contributed by atoms with van der Waals surface area (Å²) in [6.45, 7) is 0. The smallest absolute Gasteiger partial charge is 0.337 e. The third-order valence-corrected chi connectivity index (χ3v) is 4.08. The minimum absolute atomic E-state index is 0.232. The summed E-state index contributed by atoms with van der Waals surface area (Å²) in [6, 6.07) is 10.9. The van der Waals surface area contributed by atoms with Crippen molar-refractivity contribution in [1.29, 1.82) is 0 Å². The van der Waals surface area contributed by atoms with Crippen LogP contribution in [-0.2, 0) is 4.74 Å². The Labute approximate surface area is 132 Å². The van der Waals surface area contributed by atoms with Gasteiger partial charge in [-0.05, 0) is 73.9 Å². The topological polar surface area (TPSA) is 46.5 Å². The highest BCUT2D eigenvalue weighted by atomic mass is 127. The number of benzene rings is 2. The Morgan fingerprint density at radius 1 is 1.21 bits per heavy atom. The van der Waals surface area contributed by atoms with Crippen molar-refractivity contribution >= 4 is 44.5 Å². The number of hydrogen-bond donors (Lipinski definition) is 1. The summed E-state index contributed by atoms with van der Waals surface area (Å²) in [5.41, 5.74) is 2.44. The van der Waals surface area contributed by atoms with Gasteiger partial charge < -0.3 is 9.84 Å². The molecule has 2 aromatic rings. The van der Waals surface area contributed by atoms with Crippen LogP contribution >= 0.6 is 38.5 Å². The first kappa shape index (κ1) is 14.3. The van der Waals surface area contributed by atoms with E-state index in [1.807, 2.05) is 24.3 Å². The van der Waals surface area contributed by atoms with Crippen LogP contribution in [0.5, 0.6) is 5.75 Å². The monoisotopic (exact) mass is 432 g/mol. The van der Waals surface area contributed by atoms with Crippen LogP contribution in [0.2, 0.25) is 0 Å². The number of phenolic OH excluding ortho intramolecular Hbond substituents is 1. The predicted octanol–water partition coefficient (Wildman–Crippen LogP) is 4.21. The number of carbonyl (C=O) groups excluding carboxylic acids is 1. The highest BCUT2D eigenvalue weighted by Crippen LogP contribution is 2.34. The van der Waals surface area contributed by atoms with Gasteiger partial charge in [-0.1, -0.05) is 12.1 Å². The summed E-state index contributed by atoms with van der Waals surface area (Å²) in [7, 11) is 1.36. The maximum absolute atomic E-state index is 11.4. The van der Waals surface area contributed by atoms with Gasteiger partial charge in [-0.15, -0.1) is 0 Å². The molecule has 0 aliphatic heterocycles. The molecule has 0 radical (unpaired) electrons. The second-order valence-corrected chi connectivity index (χ2v) is 5.87. The molecule has 2 aromatic carbocycles. The third-order valence-electron chi connectivity index (χ3n) is 2.66. The van der Waals surface area contributed by atoms with Crippen molar-refractivity contribution < 1.29 is 14.6 Å². The lowest BCUT2D eigenvalue weighted by Crippen LogP contribution is -2.00. The highest BCUT2D eigenvalue weighted by molar-refractivity contribution is 14.1. The number of rotatable bonds is 2. The largest absolute Gasteiger partial charge is 0.506 e. The Balaban J connectivity index is 2.40. The molecule has 0 bridgehead atoms. The van der Waals surface area contributed by atoms with Gasteiger partial charge in [0.1, 0.15) is 5.75 Å². The zero-order valence-electron chi connectivity index (χ0n) is 9.98. The standard InChI is InChI=1S/C14H10BrIO3/c1-19-14(18)9-4-2-8(3-5-9)10-6-11(15)13(17)12(16)7-10/h2-7,17H,1H3. The fourth-order valence-corrected chi connectivity index (χ4v) is 3.11. The molecule has 0 aliphatic carbocycles. The number of carbonyl (C=O) groups is 1. The fraction of sp³-hybridized carbons (Fsp3) is 0.0714. The van der Waals surface area contributed by atoms with Crippen LogP contribution in [-0.4, -0.2) is 18.2 Å². The molecule has 3 nitrogen and oxygen atoms in total. The molecule has 0 fully saturated rings. The first-order chi connectivity index (χ1) is 9.02. The maximum Gasteiger partial charge on any atom is 0.337 e. The molecule has 2 rings (SSSR count). The van der Waals surface area contributed by atoms with Gasteiger partial charge >= 0.3 is 5.97 Å². The van der Waals surface area contributed by atoms with E-state index in [4.69, 9.17) is 0 Å². The number of halogens is 2. The fourth-order valence-electron chi connectivity index (χ4n) is 1.65. The van der Waals surface area contributed by atoms with Crippen LogP contribution in [0, 0.1) is 3.57 Å². The summed E-state index contributed by atoms with van der Waals surface area (Å²) in [5, 5.41) is 9.71. The van der Waals surface area contributed by atoms with E-state index in [1.54, 1.807) is 12.1 Å². The molecule has 0 heterocycles. The summed E-state index contributed by atoms with van der Waals surface area (Å²) in [6.07, 6.45) is 0. The van der Waals surface area contributed by atoms with E-state index in [0.29, 0.717) is 10.0 Å². The Morgan fingerprint density at radius 3 is 2.37 bits per heavy atom. The SMILES string of the molecule is COC(=O)c1ccc(-c2cc(Br)c(O)c(I)c2)cc1. The second-order valence-electron chi connectivity index (χ2n) is 3.86. The van der Waals surface area contributed by atoms with Crippen molar-refractivity contribution in [2.24, 2.45) is 0 Å². The van der Waals surface area contributed by atoms with Gasteiger partial charge in [0.2, 0.25) is 0 Å². The molecule has 0 unspecified atom stereocenters. The van der Waals surface area contributed by atoms with Crippen molar-refractivity contribution in [3.8, 4) is 16.9 Å². The lowest BCUT2D eigenvalue weighted by Gasteiger charge is -2.07. The molecule has 0 amide bonds. The van der Waals surface area contributed by atoms with Crippen molar-refractivity contribution in [3.63, 3.8) is 0 Å². The molecule has 1 N–H and O–H groups in total. The Kier molecular flexibility index (Phi) is 4.46. The highest BCUT2D eigenvalue weighted by Gasteiger charge is 2.09. The normalized spacial score (nSPS) is 10.3. The van der Waals surface area contributed by atoms with Crippen LogP contribution in [0.25, 0.3) is 11.1 Å². The molecule has 0 spiro atoms. The zero-order chi connectivity index (χ0) is 14.0. The lowest BCUT2D eigenvalue weighted by molar-refractivity contribution is 0.0601. The molecule has 0 atom stereocenters. The van der Waals surface area contributed by atoms with E-state index < -0.39 is 0 Å². The zero-order valence-corrected chi connectivity index (χ0v) is 13.7. The average Bonchev–Trinajstić information content (AvgIpc) is 2.43. The van der Waals surface area contributed by atoms with Crippen molar-refractivity contribution in [3.05, 3.63) is 50.0 Å². The number of ether oxygens (including phenoxy) is 1. The van der Waals surface area contributed by atoms with Gasteiger partial charge in [-0.3, -0.25) is 0 Å². The Hall–Kier alpha value is -1.08. The van der Waals surface area contributed by atoms with Gasteiger partial charge in [0.25, 0.3) is 0 Å². The number of hydrogen-bond acceptors (Lipinski definition) is 3. The molecule has 0 aliphatic rings. The van der Waals surface area contributed by atoms with Gasteiger partial charge in [-0.2, -0.15) is 0 Å². The molecule has 0 saturated heterocycles. The van der Waals surface area contributed by atoms with E-state index in [2.05, 4.69) is 43.3 Å². The summed E-state index contributed by atoms with van der Waals surface area (Å²) >= 11 is 5.39. The van der Waals surface area contributed by atoms with E-state index in [9.17, 15) is 9.90 Å². The van der Waals surface area contributed by atoms with E-state index in [-0.39, 0.29) is 11.7 Å². The molecule has 0 aromatic heterocycles. The quantitative estimate of drug-likeness (QED) is 0.571. The number of esters is 1. The van der Waals surface area contributed by atoms with Crippen LogP contribution < -0.4 is 0 Å². The van der Waals surface area contributed by atoms with Crippen molar-refractivity contribution in [2.75, 3.05) is 7.11 Å². The first-order valence-electron chi connectivity index (χ1n) is 5.39. The van der Waals surface area contributed by atoms with Crippen LogP contribution in [0.3, 0.4) is 0 Å². The summed E-state index contributed by atoms with van der Waals surface area (Å²) in [4.78, 5) is 11.4. The predicted molar refractivity (Wildman–Crippen MR) is 85.3 cm³/mol. The van der Waals surface area contributed by atoms with Crippen LogP contribution in [0.1, 0.15) is 10.4 Å². The molecule has 19 heavy (non-hydrogen) atoms. The van der Waals surface area contributed by atoms with Gasteiger partial charge in [0.15, 0.2) is 0 Å². The van der Waals surface area contributed by atoms with Crippen LogP contribution in [0.4, 0.5) is 0 Å². The third kappa shape index (κ3) is 3.09. The molecular weight excluding hydrogens is 423 g/mol. The lowest BCUT2D eigenvalue weighted by atomic mass is 10.0. The van der Waals surface area contributed by atoms with E-state index in [0.717, 1.165) is 14.7 Å². The van der Waals surface area contributed by atoms with Crippen LogP contribution in [0.15, 0.2) is 40.9 Å². The maximum atomic E-state index is 11.4. The molecular formula is C14H10BrIO3. The van der Waals surface area contributed by atoms with Crippen molar-refractivity contribution in [2.45, 2.75) is 0 Å². The minimum Gasteiger partial charge on any atom is -0.506 e. The number of phenols is 1.